The third-order valence-corrected chi connectivity index (χ3v) is 1.06. The molecule has 0 atom stereocenters. The van der Waals surface area contributed by atoms with Crippen LogP contribution in [-0.2, 0) is 0 Å². The van der Waals surface area contributed by atoms with Gasteiger partial charge < -0.3 is 15.1 Å². The molecule has 4 heteroatoms. The molecule has 0 fully saturated rings. The first-order chi connectivity index (χ1) is 4.75. The first-order valence-electron chi connectivity index (χ1n) is 2.98. The molecule has 56 valence electrons. The van der Waals surface area contributed by atoms with Crippen LogP contribution < -0.4 is 4.84 Å². The van der Waals surface area contributed by atoms with Crippen LogP contribution in [-0.4, -0.2) is 21.6 Å². The molecule has 0 saturated heterocycles. The highest BCUT2D eigenvalue weighted by Gasteiger charge is 2.03. The van der Waals surface area contributed by atoms with E-state index in [1.807, 2.05) is 0 Å². The molecule has 0 aliphatic carbocycles. The van der Waals surface area contributed by atoms with Crippen LogP contribution in [0.25, 0.3) is 0 Å². The summed E-state index contributed by atoms with van der Waals surface area (Å²) in [6.07, 6.45) is 0. The van der Waals surface area contributed by atoms with Crippen molar-refractivity contribution in [2.75, 3.05) is 6.61 Å². The fraction of sp³-hybridized carbons (Fsp3) is 0.333. The van der Waals surface area contributed by atoms with E-state index in [9.17, 15) is 0 Å². The van der Waals surface area contributed by atoms with Gasteiger partial charge in [-0.05, 0) is 6.92 Å². The number of hydrogen-bond acceptors (Lipinski definition) is 3. The molecule has 1 aromatic heterocycles. The van der Waals surface area contributed by atoms with Crippen LogP contribution >= 0.6 is 0 Å². The topological polar surface area (TPSA) is 54.6 Å². The van der Waals surface area contributed by atoms with E-state index in [0.29, 0.717) is 6.61 Å². The van der Waals surface area contributed by atoms with Gasteiger partial charge in [-0.3, -0.25) is 0 Å². The molecule has 0 aromatic carbocycles. The minimum Gasteiger partial charge on any atom is -0.492 e. The summed E-state index contributed by atoms with van der Waals surface area (Å²) < 4.78 is 0.958. The van der Waals surface area contributed by atoms with Gasteiger partial charge in [0.15, 0.2) is 0 Å². The van der Waals surface area contributed by atoms with Crippen molar-refractivity contribution in [3.8, 4) is 11.8 Å². The van der Waals surface area contributed by atoms with Crippen molar-refractivity contribution in [2.24, 2.45) is 0 Å². The average Bonchev–Trinajstić information content (AvgIpc) is 2.20. The molecule has 2 N–H and O–H groups in total. The minimum absolute atomic E-state index is 0.0978. The van der Waals surface area contributed by atoms with Gasteiger partial charge in [0.2, 0.25) is 11.8 Å². The monoisotopic (exact) mass is 143 g/mol. The Hall–Kier alpha value is -1.32. The summed E-state index contributed by atoms with van der Waals surface area (Å²) in [7, 11) is 0. The molecule has 1 aromatic rings. The van der Waals surface area contributed by atoms with Gasteiger partial charge in [0.05, 0.1) is 0 Å². The van der Waals surface area contributed by atoms with Crippen molar-refractivity contribution < 1.29 is 15.1 Å². The van der Waals surface area contributed by atoms with E-state index in [1.165, 1.54) is 12.1 Å². The summed E-state index contributed by atoms with van der Waals surface area (Å²) in [5, 5.41) is 17.9. The molecule has 0 bridgehead atoms. The number of aromatic nitrogens is 1. The molecule has 1 heterocycles. The standard InChI is InChI=1S/C6H9NO3/c1-2-10-7-5(8)3-4-6(7)9/h3-4,8-9H,2H2,1H3. The van der Waals surface area contributed by atoms with Crippen molar-refractivity contribution in [2.45, 2.75) is 6.92 Å². The Balaban J connectivity index is 2.87. The first kappa shape index (κ1) is 6.80. The van der Waals surface area contributed by atoms with Crippen LogP contribution in [0.2, 0.25) is 0 Å². The summed E-state index contributed by atoms with van der Waals surface area (Å²) >= 11 is 0. The Labute approximate surface area is 58.2 Å². The lowest BCUT2D eigenvalue weighted by Crippen LogP contribution is -2.08. The second-order valence-corrected chi connectivity index (χ2v) is 1.76. The van der Waals surface area contributed by atoms with Crippen molar-refractivity contribution in [1.82, 2.24) is 4.73 Å². The third kappa shape index (κ3) is 1.00. The number of rotatable bonds is 2. The molecule has 0 unspecified atom stereocenters. The molecular weight excluding hydrogens is 134 g/mol. The molecule has 0 aliphatic heterocycles. The van der Waals surface area contributed by atoms with Crippen LogP contribution in [0.1, 0.15) is 6.92 Å². The maximum atomic E-state index is 8.94. The summed E-state index contributed by atoms with van der Waals surface area (Å²) in [6.45, 7) is 2.16. The lowest BCUT2D eigenvalue weighted by atomic mass is 10.6. The zero-order valence-corrected chi connectivity index (χ0v) is 5.61. The predicted molar refractivity (Wildman–Crippen MR) is 34.9 cm³/mol. The van der Waals surface area contributed by atoms with Crippen LogP contribution in [0.5, 0.6) is 11.8 Å². The van der Waals surface area contributed by atoms with Gasteiger partial charge in [-0.2, -0.15) is 0 Å². The zero-order valence-electron chi connectivity index (χ0n) is 5.61. The zero-order chi connectivity index (χ0) is 7.56. The average molecular weight is 143 g/mol. The van der Waals surface area contributed by atoms with Crippen molar-refractivity contribution in [3.05, 3.63) is 12.1 Å². The summed E-state index contributed by atoms with van der Waals surface area (Å²) in [5.74, 6) is -0.196. The number of aromatic hydroxyl groups is 2. The highest BCUT2D eigenvalue weighted by Crippen LogP contribution is 2.18. The largest absolute Gasteiger partial charge is 0.492 e. The van der Waals surface area contributed by atoms with Gasteiger partial charge in [0.1, 0.15) is 6.61 Å². The Morgan fingerprint density at radius 2 is 1.90 bits per heavy atom. The minimum atomic E-state index is -0.0978. The van der Waals surface area contributed by atoms with Crippen molar-refractivity contribution >= 4 is 0 Å². The molecular formula is C6H9NO3. The van der Waals surface area contributed by atoms with Gasteiger partial charge in [-0.1, -0.05) is 0 Å². The van der Waals surface area contributed by atoms with Gasteiger partial charge in [0, 0.05) is 12.1 Å². The highest BCUT2D eigenvalue weighted by molar-refractivity contribution is 5.21. The molecule has 0 saturated carbocycles. The van der Waals surface area contributed by atoms with E-state index in [-0.39, 0.29) is 11.8 Å². The van der Waals surface area contributed by atoms with Crippen LogP contribution in [0.3, 0.4) is 0 Å². The Bertz CT molecular complexity index is 199. The molecule has 0 radical (unpaired) electrons. The first-order valence-corrected chi connectivity index (χ1v) is 2.98. The second-order valence-electron chi connectivity index (χ2n) is 1.76. The maximum absolute atomic E-state index is 8.94. The smallest absolute Gasteiger partial charge is 0.229 e. The van der Waals surface area contributed by atoms with Gasteiger partial charge in [0.25, 0.3) is 0 Å². The Kier molecular flexibility index (Phi) is 1.71. The van der Waals surface area contributed by atoms with Crippen LogP contribution in [0.15, 0.2) is 12.1 Å². The second kappa shape index (κ2) is 2.51. The fourth-order valence-electron chi connectivity index (χ4n) is 0.663. The van der Waals surface area contributed by atoms with Crippen LogP contribution in [0, 0.1) is 0 Å². The Morgan fingerprint density at radius 3 is 2.30 bits per heavy atom. The SMILES string of the molecule is CCOn1c(O)ccc1O. The lowest BCUT2D eigenvalue weighted by Gasteiger charge is -2.04. The summed E-state index contributed by atoms with van der Waals surface area (Å²) in [5.41, 5.74) is 0. The predicted octanol–water partition coefficient (Wildman–Crippen LogP) is 0.348. The number of nitrogens with zero attached hydrogens (tertiary/aromatic N) is 1. The van der Waals surface area contributed by atoms with E-state index < -0.39 is 0 Å². The summed E-state index contributed by atoms with van der Waals surface area (Å²) in [4.78, 5) is 4.82. The van der Waals surface area contributed by atoms with E-state index >= 15 is 0 Å². The molecule has 1 rings (SSSR count). The lowest BCUT2D eigenvalue weighted by molar-refractivity contribution is 0.0845. The fourth-order valence-corrected chi connectivity index (χ4v) is 0.663. The van der Waals surface area contributed by atoms with E-state index in [1.54, 1.807) is 6.92 Å². The summed E-state index contributed by atoms with van der Waals surface area (Å²) in [6, 6.07) is 2.70. The third-order valence-electron chi connectivity index (χ3n) is 1.06. The van der Waals surface area contributed by atoms with Gasteiger partial charge in [-0.15, -0.1) is 4.73 Å². The van der Waals surface area contributed by atoms with Gasteiger partial charge in [-0.25, -0.2) is 0 Å². The van der Waals surface area contributed by atoms with Crippen LogP contribution in [0.4, 0.5) is 0 Å². The van der Waals surface area contributed by atoms with E-state index in [2.05, 4.69) is 0 Å². The molecule has 0 spiro atoms. The van der Waals surface area contributed by atoms with E-state index in [4.69, 9.17) is 15.1 Å². The molecule has 4 nitrogen and oxygen atoms in total. The highest BCUT2D eigenvalue weighted by atomic mass is 16.7. The van der Waals surface area contributed by atoms with E-state index in [0.717, 1.165) is 4.73 Å². The molecule has 0 aliphatic rings. The Morgan fingerprint density at radius 1 is 1.40 bits per heavy atom. The van der Waals surface area contributed by atoms with Crippen molar-refractivity contribution in [3.63, 3.8) is 0 Å². The quantitative estimate of drug-likeness (QED) is 0.628. The van der Waals surface area contributed by atoms with Crippen molar-refractivity contribution in [1.29, 1.82) is 0 Å². The number of hydrogen-bond donors (Lipinski definition) is 2. The molecule has 0 amide bonds. The van der Waals surface area contributed by atoms with Gasteiger partial charge >= 0.3 is 0 Å². The maximum Gasteiger partial charge on any atom is 0.229 e. The molecule has 10 heavy (non-hydrogen) atoms. The normalized spacial score (nSPS) is 9.70.